The smallest absolute Gasteiger partial charge is 0.237 e. The van der Waals surface area contributed by atoms with Gasteiger partial charge in [0.05, 0.1) is 5.25 Å². The topological polar surface area (TPSA) is 85.8 Å². The normalized spacial score (nSPS) is 11.9. The number of carbonyl (C=O) groups is 1. The van der Waals surface area contributed by atoms with E-state index >= 15 is 0 Å². The van der Waals surface area contributed by atoms with Crippen LogP contribution in [-0.2, 0) is 4.79 Å². The van der Waals surface area contributed by atoms with E-state index in [9.17, 15) is 4.79 Å². The van der Waals surface area contributed by atoms with Gasteiger partial charge in [0.15, 0.2) is 0 Å². The fourth-order valence-electron chi connectivity index (χ4n) is 2.34. The van der Waals surface area contributed by atoms with Crippen molar-refractivity contribution in [2.24, 2.45) is 0 Å². The van der Waals surface area contributed by atoms with E-state index in [2.05, 4.69) is 15.5 Å². The number of aryl methyl sites for hydroxylation is 1. The Morgan fingerprint density at radius 2 is 1.80 bits per heavy atom. The number of thioether (sulfide) groups is 1. The van der Waals surface area contributed by atoms with Crippen LogP contribution >= 0.6 is 11.8 Å². The first-order valence-corrected chi connectivity index (χ1v) is 8.73. The van der Waals surface area contributed by atoms with E-state index in [0.29, 0.717) is 11.0 Å². The average Bonchev–Trinajstić information content (AvgIpc) is 2.95. The molecule has 0 saturated heterocycles. The van der Waals surface area contributed by atoms with E-state index in [1.807, 2.05) is 61.5 Å². The molecule has 0 spiro atoms. The lowest BCUT2D eigenvalue weighted by Crippen LogP contribution is -2.24. The number of para-hydroxylation sites is 1. The summed E-state index contributed by atoms with van der Waals surface area (Å²) in [4.78, 5) is 12.6. The molecule has 25 heavy (non-hydrogen) atoms. The maximum atomic E-state index is 12.6. The van der Waals surface area contributed by atoms with Crippen molar-refractivity contribution in [2.75, 3.05) is 11.2 Å². The van der Waals surface area contributed by atoms with Crippen molar-refractivity contribution in [2.45, 2.75) is 24.3 Å². The summed E-state index contributed by atoms with van der Waals surface area (Å²) in [5.41, 5.74) is 2.80. The van der Waals surface area contributed by atoms with E-state index in [-0.39, 0.29) is 11.2 Å². The molecule has 0 aliphatic carbocycles. The maximum absolute atomic E-state index is 12.6. The first-order valence-electron chi connectivity index (χ1n) is 7.85. The van der Waals surface area contributed by atoms with Gasteiger partial charge in [0.1, 0.15) is 5.82 Å². The monoisotopic (exact) mass is 353 g/mol. The molecule has 128 valence electrons. The van der Waals surface area contributed by atoms with Gasteiger partial charge in [-0.05, 0) is 25.5 Å². The molecule has 1 heterocycles. The van der Waals surface area contributed by atoms with Crippen LogP contribution in [0, 0.1) is 6.92 Å². The Morgan fingerprint density at radius 1 is 1.12 bits per heavy atom. The molecule has 0 unspecified atom stereocenters. The van der Waals surface area contributed by atoms with E-state index in [0.717, 1.165) is 16.8 Å². The zero-order valence-electron chi connectivity index (χ0n) is 14.0. The second-order valence-electron chi connectivity index (χ2n) is 5.56. The molecule has 0 radical (unpaired) electrons. The van der Waals surface area contributed by atoms with Gasteiger partial charge in [-0.25, -0.2) is 4.68 Å². The third-order valence-electron chi connectivity index (χ3n) is 3.76. The summed E-state index contributed by atoms with van der Waals surface area (Å²) >= 11 is 1.27. The molecule has 0 saturated carbocycles. The van der Waals surface area contributed by atoms with Crippen molar-refractivity contribution in [3.8, 4) is 11.1 Å². The van der Waals surface area contributed by atoms with Crippen molar-refractivity contribution in [3.05, 3.63) is 60.4 Å². The number of nitrogen functional groups attached to an aromatic ring is 1. The second kappa shape index (κ2) is 7.40. The molecule has 1 aromatic heterocycles. The number of amides is 1. The summed E-state index contributed by atoms with van der Waals surface area (Å²) in [5.74, 6) is 6.33. The Bertz CT molecular complexity index is 878. The Labute approximate surface area is 150 Å². The first-order chi connectivity index (χ1) is 12.1. The third-order valence-corrected chi connectivity index (χ3v) is 4.81. The van der Waals surface area contributed by atoms with E-state index in [4.69, 9.17) is 5.84 Å². The van der Waals surface area contributed by atoms with Gasteiger partial charge in [-0.1, -0.05) is 60.3 Å². The van der Waals surface area contributed by atoms with Crippen LogP contribution < -0.4 is 11.2 Å². The number of aromatic nitrogens is 3. The highest BCUT2D eigenvalue weighted by Crippen LogP contribution is 2.29. The molecule has 3 N–H and O–H groups in total. The second-order valence-corrected chi connectivity index (χ2v) is 6.87. The van der Waals surface area contributed by atoms with Crippen molar-refractivity contribution in [1.82, 2.24) is 14.9 Å². The van der Waals surface area contributed by atoms with E-state index in [1.54, 1.807) is 6.92 Å². The van der Waals surface area contributed by atoms with Gasteiger partial charge in [0.2, 0.25) is 11.1 Å². The van der Waals surface area contributed by atoms with Crippen LogP contribution in [0.2, 0.25) is 0 Å². The fourth-order valence-corrected chi connectivity index (χ4v) is 3.15. The molecule has 6 nitrogen and oxygen atoms in total. The Morgan fingerprint density at radius 3 is 2.48 bits per heavy atom. The molecule has 1 amide bonds. The highest BCUT2D eigenvalue weighted by atomic mass is 32.2. The molecule has 0 aliphatic heterocycles. The number of carbonyl (C=O) groups excluding carboxylic acids is 1. The molecule has 0 bridgehead atoms. The summed E-state index contributed by atoms with van der Waals surface area (Å²) in [7, 11) is 0. The first kappa shape index (κ1) is 17.0. The Balaban J connectivity index is 1.76. The summed E-state index contributed by atoms with van der Waals surface area (Å²) < 4.78 is 1.38. The maximum Gasteiger partial charge on any atom is 0.237 e. The van der Waals surface area contributed by atoms with Gasteiger partial charge in [-0.2, -0.15) is 0 Å². The van der Waals surface area contributed by atoms with E-state index in [1.165, 1.54) is 16.4 Å². The molecule has 0 fully saturated rings. The minimum Gasteiger partial charge on any atom is -0.336 e. The van der Waals surface area contributed by atoms with Crippen LogP contribution in [-0.4, -0.2) is 26.0 Å². The highest BCUT2D eigenvalue weighted by Gasteiger charge is 2.19. The van der Waals surface area contributed by atoms with Crippen LogP contribution in [0.4, 0.5) is 5.69 Å². The van der Waals surface area contributed by atoms with E-state index < -0.39 is 0 Å². The minimum absolute atomic E-state index is 0.117. The van der Waals surface area contributed by atoms with Crippen LogP contribution in [0.5, 0.6) is 0 Å². The summed E-state index contributed by atoms with van der Waals surface area (Å²) in [6, 6.07) is 17.7. The zero-order valence-corrected chi connectivity index (χ0v) is 14.8. The number of benzene rings is 2. The lowest BCUT2D eigenvalue weighted by molar-refractivity contribution is -0.115. The lowest BCUT2D eigenvalue weighted by Gasteiger charge is -2.14. The number of hydrogen-bond donors (Lipinski definition) is 2. The average molecular weight is 353 g/mol. The predicted octanol–water partition coefficient (Wildman–Crippen LogP) is 3.09. The molecule has 2 aromatic carbocycles. The van der Waals surface area contributed by atoms with Crippen LogP contribution in [0.3, 0.4) is 0 Å². The quantitative estimate of drug-likeness (QED) is 0.544. The molecular formula is C18H19N5OS. The molecule has 1 atom stereocenters. The standard InChI is InChI=1S/C18H19N5OS/c1-12(25-18-22-21-13(2)23(18)19)17(24)20-16-11-7-6-10-15(16)14-8-4-3-5-9-14/h3-12H,19H2,1-2H3,(H,20,24)/t12-/m0/s1. The van der Waals surface area contributed by atoms with Crippen molar-refractivity contribution >= 4 is 23.4 Å². The van der Waals surface area contributed by atoms with Crippen molar-refractivity contribution in [3.63, 3.8) is 0 Å². The number of rotatable bonds is 5. The van der Waals surface area contributed by atoms with Gasteiger partial charge >= 0.3 is 0 Å². The summed E-state index contributed by atoms with van der Waals surface area (Å²) in [6.45, 7) is 3.58. The minimum atomic E-state index is -0.366. The summed E-state index contributed by atoms with van der Waals surface area (Å²) in [5, 5.41) is 11.0. The molecular weight excluding hydrogens is 334 g/mol. The predicted molar refractivity (Wildman–Crippen MR) is 101 cm³/mol. The SMILES string of the molecule is Cc1nnc(S[C@@H](C)C(=O)Nc2ccccc2-c2ccccc2)n1N. The number of nitrogens with two attached hydrogens (primary N) is 1. The van der Waals surface area contributed by atoms with Gasteiger partial charge in [0.25, 0.3) is 0 Å². The van der Waals surface area contributed by atoms with Crippen LogP contribution in [0.15, 0.2) is 59.8 Å². The third kappa shape index (κ3) is 3.83. The zero-order chi connectivity index (χ0) is 17.8. The molecule has 0 aliphatic rings. The van der Waals surface area contributed by atoms with Crippen LogP contribution in [0.1, 0.15) is 12.7 Å². The number of nitrogens with zero attached hydrogens (tertiary/aromatic N) is 3. The largest absolute Gasteiger partial charge is 0.336 e. The summed E-state index contributed by atoms with van der Waals surface area (Å²) in [6.07, 6.45) is 0. The number of anilines is 1. The van der Waals surface area contributed by atoms with Gasteiger partial charge in [0, 0.05) is 11.3 Å². The Kier molecular flexibility index (Phi) is 5.04. The van der Waals surface area contributed by atoms with Gasteiger partial charge in [-0.15, -0.1) is 10.2 Å². The van der Waals surface area contributed by atoms with Gasteiger partial charge < -0.3 is 11.2 Å². The fraction of sp³-hybridized carbons (Fsp3) is 0.167. The number of hydrogen-bond acceptors (Lipinski definition) is 5. The molecule has 7 heteroatoms. The molecule has 3 aromatic rings. The van der Waals surface area contributed by atoms with Crippen LogP contribution in [0.25, 0.3) is 11.1 Å². The van der Waals surface area contributed by atoms with Crippen molar-refractivity contribution in [1.29, 1.82) is 0 Å². The van der Waals surface area contributed by atoms with Gasteiger partial charge in [-0.3, -0.25) is 4.79 Å². The lowest BCUT2D eigenvalue weighted by atomic mass is 10.0. The molecule has 3 rings (SSSR count). The Hall–Kier alpha value is -2.80. The van der Waals surface area contributed by atoms with Crippen molar-refractivity contribution < 1.29 is 4.79 Å². The number of nitrogens with one attached hydrogen (secondary N) is 1. The highest BCUT2D eigenvalue weighted by molar-refractivity contribution is 8.00.